The summed E-state index contributed by atoms with van der Waals surface area (Å²) in [4.78, 5) is 29.6. The molecular formula is C20H19F3N4O2S. The maximum absolute atomic E-state index is 13.6. The Balaban J connectivity index is 2.00. The van der Waals surface area contributed by atoms with Crippen LogP contribution in [0.5, 0.6) is 0 Å². The van der Waals surface area contributed by atoms with Crippen LogP contribution < -0.4 is 10.9 Å². The van der Waals surface area contributed by atoms with E-state index < -0.39 is 23.7 Å². The zero-order valence-corrected chi connectivity index (χ0v) is 17.5. The number of benzene rings is 1. The Morgan fingerprint density at radius 2 is 1.77 bits per heavy atom. The standard InChI is InChI=1S/C20H19F3N4O2S/c1-10-11(2)26-27(4)19(29)14(10)18-24-12(3)15(30-18)17(28)25-16(20(21,22)23)13-8-6-5-7-9-13/h5-9,16H,1-4H3,(H,25,28). The fourth-order valence-corrected chi connectivity index (χ4v) is 4.07. The first-order chi connectivity index (χ1) is 14.0. The first kappa shape index (κ1) is 21.7. The molecule has 6 nitrogen and oxygen atoms in total. The van der Waals surface area contributed by atoms with E-state index in [1.165, 1.54) is 42.9 Å². The first-order valence-electron chi connectivity index (χ1n) is 8.95. The van der Waals surface area contributed by atoms with Crippen LogP contribution in [0.2, 0.25) is 0 Å². The van der Waals surface area contributed by atoms with Gasteiger partial charge in [-0.3, -0.25) is 9.59 Å². The number of carbonyl (C=O) groups excluding carboxylic acids is 1. The second-order valence-corrected chi connectivity index (χ2v) is 7.81. The van der Waals surface area contributed by atoms with E-state index >= 15 is 0 Å². The molecule has 0 saturated heterocycles. The van der Waals surface area contributed by atoms with Crippen molar-refractivity contribution in [3.8, 4) is 10.6 Å². The summed E-state index contributed by atoms with van der Waals surface area (Å²) in [5.41, 5.74) is 1.29. The van der Waals surface area contributed by atoms with Crippen LogP contribution >= 0.6 is 11.3 Å². The van der Waals surface area contributed by atoms with Crippen LogP contribution in [0.1, 0.15) is 38.2 Å². The fraction of sp³-hybridized carbons (Fsp3) is 0.300. The molecule has 158 valence electrons. The molecule has 0 radical (unpaired) electrons. The molecule has 2 aromatic heterocycles. The number of amides is 1. The molecule has 2 heterocycles. The Morgan fingerprint density at radius 3 is 2.37 bits per heavy atom. The SMILES string of the molecule is Cc1nc(-c2c(C)c(C)nn(C)c2=O)sc1C(=O)NC(c1ccccc1)C(F)(F)F. The van der Waals surface area contributed by atoms with Gasteiger partial charge >= 0.3 is 6.18 Å². The first-order valence-corrected chi connectivity index (χ1v) is 9.77. The molecule has 0 aliphatic heterocycles. The van der Waals surface area contributed by atoms with Crippen molar-refractivity contribution in [1.29, 1.82) is 0 Å². The van der Waals surface area contributed by atoms with Crippen molar-refractivity contribution in [2.24, 2.45) is 7.05 Å². The number of nitrogens with one attached hydrogen (secondary N) is 1. The molecule has 3 aromatic rings. The molecule has 0 fully saturated rings. The average Bonchev–Trinajstić information content (AvgIpc) is 3.05. The number of hydrogen-bond acceptors (Lipinski definition) is 5. The van der Waals surface area contributed by atoms with Crippen molar-refractivity contribution >= 4 is 17.2 Å². The maximum Gasteiger partial charge on any atom is 0.412 e. The van der Waals surface area contributed by atoms with Gasteiger partial charge in [-0.25, -0.2) is 9.67 Å². The molecule has 1 atom stereocenters. The quantitative estimate of drug-likeness (QED) is 0.674. The molecule has 1 aromatic carbocycles. The van der Waals surface area contributed by atoms with E-state index in [1.54, 1.807) is 19.9 Å². The summed E-state index contributed by atoms with van der Waals surface area (Å²) in [6.45, 7) is 4.97. The third kappa shape index (κ3) is 4.13. The van der Waals surface area contributed by atoms with Gasteiger partial charge in [-0.1, -0.05) is 30.3 Å². The van der Waals surface area contributed by atoms with Crippen LogP contribution in [0.4, 0.5) is 13.2 Å². The highest BCUT2D eigenvalue weighted by molar-refractivity contribution is 7.17. The van der Waals surface area contributed by atoms with Gasteiger partial charge in [0.25, 0.3) is 11.5 Å². The maximum atomic E-state index is 13.6. The Bertz CT molecular complexity index is 1150. The second-order valence-electron chi connectivity index (χ2n) is 6.81. The van der Waals surface area contributed by atoms with Crippen molar-refractivity contribution in [3.63, 3.8) is 0 Å². The van der Waals surface area contributed by atoms with Crippen molar-refractivity contribution in [2.75, 3.05) is 0 Å². The van der Waals surface area contributed by atoms with Gasteiger partial charge in [0.05, 0.1) is 17.0 Å². The van der Waals surface area contributed by atoms with Crippen molar-refractivity contribution < 1.29 is 18.0 Å². The van der Waals surface area contributed by atoms with Gasteiger partial charge in [-0.05, 0) is 31.9 Å². The molecule has 1 amide bonds. The Labute approximate surface area is 174 Å². The van der Waals surface area contributed by atoms with Crippen LogP contribution in [0, 0.1) is 20.8 Å². The Hall–Kier alpha value is -3.01. The van der Waals surface area contributed by atoms with Crippen LogP contribution in [-0.2, 0) is 7.05 Å². The van der Waals surface area contributed by atoms with Crippen molar-refractivity contribution in [2.45, 2.75) is 33.0 Å². The van der Waals surface area contributed by atoms with Gasteiger partial charge in [0.1, 0.15) is 9.88 Å². The van der Waals surface area contributed by atoms with E-state index in [1.807, 2.05) is 0 Å². The highest BCUT2D eigenvalue weighted by Crippen LogP contribution is 2.34. The van der Waals surface area contributed by atoms with Crippen LogP contribution in [0.25, 0.3) is 10.6 Å². The predicted molar refractivity (Wildman–Crippen MR) is 108 cm³/mol. The smallest absolute Gasteiger partial charge is 0.336 e. The summed E-state index contributed by atoms with van der Waals surface area (Å²) in [5.74, 6) is -0.900. The molecule has 0 saturated carbocycles. The number of aromatic nitrogens is 3. The van der Waals surface area contributed by atoms with E-state index in [2.05, 4.69) is 15.4 Å². The van der Waals surface area contributed by atoms with Gasteiger partial charge in [-0.15, -0.1) is 11.3 Å². The molecule has 1 N–H and O–H groups in total. The number of rotatable bonds is 4. The van der Waals surface area contributed by atoms with Crippen molar-refractivity contribution in [1.82, 2.24) is 20.1 Å². The lowest BCUT2D eigenvalue weighted by molar-refractivity contribution is -0.155. The monoisotopic (exact) mass is 436 g/mol. The zero-order chi connectivity index (χ0) is 22.2. The molecule has 3 rings (SSSR count). The van der Waals surface area contributed by atoms with E-state index in [0.717, 1.165) is 11.3 Å². The van der Waals surface area contributed by atoms with E-state index in [4.69, 9.17) is 0 Å². The summed E-state index contributed by atoms with van der Waals surface area (Å²) < 4.78 is 41.9. The minimum Gasteiger partial charge on any atom is -0.336 e. The van der Waals surface area contributed by atoms with Gasteiger partial charge < -0.3 is 5.32 Å². The van der Waals surface area contributed by atoms with Crippen molar-refractivity contribution in [3.05, 3.63) is 68.1 Å². The van der Waals surface area contributed by atoms with E-state index in [0.29, 0.717) is 11.3 Å². The predicted octanol–water partition coefficient (Wildman–Crippen LogP) is 3.86. The van der Waals surface area contributed by atoms with Crippen LogP contribution in [0.15, 0.2) is 35.1 Å². The number of carbonyl (C=O) groups is 1. The summed E-state index contributed by atoms with van der Waals surface area (Å²) >= 11 is 0.883. The fourth-order valence-electron chi connectivity index (χ4n) is 3.01. The van der Waals surface area contributed by atoms with Crippen LogP contribution in [-0.4, -0.2) is 26.8 Å². The molecular weight excluding hydrogens is 417 g/mol. The molecule has 30 heavy (non-hydrogen) atoms. The number of halogens is 3. The molecule has 1 unspecified atom stereocenters. The summed E-state index contributed by atoms with van der Waals surface area (Å²) in [6, 6.07) is 4.99. The third-order valence-corrected chi connectivity index (χ3v) is 5.85. The Kier molecular flexibility index (Phi) is 5.80. The summed E-state index contributed by atoms with van der Waals surface area (Å²) in [6.07, 6.45) is -4.67. The molecule has 0 aliphatic rings. The average molecular weight is 436 g/mol. The third-order valence-electron chi connectivity index (χ3n) is 4.68. The highest BCUT2D eigenvalue weighted by Gasteiger charge is 2.42. The van der Waals surface area contributed by atoms with Gasteiger partial charge in [0, 0.05) is 7.05 Å². The zero-order valence-electron chi connectivity index (χ0n) is 16.7. The van der Waals surface area contributed by atoms with E-state index in [9.17, 15) is 22.8 Å². The largest absolute Gasteiger partial charge is 0.412 e. The second kappa shape index (κ2) is 8.02. The van der Waals surface area contributed by atoms with Gasteiger partial charge in [0.2, 0.25) is 0 Å². The molecule has 0 aliphatic carbocycles. The topological polar surface area (TPSA) is 76.9 Å². The summed E-state index contributed by atoms with van der Waals surface area (Å²) in [5, 5.41) is 6.43. The lowest BCUT2D eigenvalue weighted by Gasteiger charge is -2.21. The lowest BCUT2D eigenvalue weighted by Crippen LogP contribution is -2.38. The molecule has 0 spiro atoms. The minimum absolute atomic E-state index is 0.0195. The van der Waals surface area contributed by atoms with E-state index in [-0.39, 0.29) is 26.7 Å². The highest BCUT2D eigenvalue weighted by atomic mass is 32.1. The lowest BCUT2D eigenvalue weighted by atomic mass is 10.1. The minimum atomic E-state index is -4.67. The molecule has 10 heteroatoms. The number of alkyl halides is 3. The number of thiazole rings is 1. The number of aryl methyl sites for hydroxylation is 3. The number of nitrogens with zero attached hydrogens (tertiary/aromatic N) is 3. The normalized spacial score (nSPS) is 12.6. The van der Waals surface area contributed by atoms with Gasteiger partial charge in [0.15, 0.2) is 6.04 Å². The Morgan fingerprint density at radius 1 is 1.13 bits per heavy atom. The van der Waals surface area contributed by atoms with Crippen LogP contribution in [0.3, 0.4) is 0 Å². The number of hydrogen-bond donors (Lipinski definition) is 1. The molecule has 0 bridgehead atoms. The summed E-state index contributed by atoms with van der Waals surface area (Å²) in [7, 11) is 1.50. The van der Waals surface area contributed by atoms with Gasteiger partial charge in [-0.2, -0.15) is 18.3 Å².